The van der Waals surface area contributed by atoms with Crippen LogP contribution in [0.15, 0.2) is 12.4 Å². The maximum Gasteiger partial charge on any atom is 0.203 e. The maximum atomic E-state index is 5.05. The summed E-state index contributed by atoms with van der Waals surface area (Å²) in [6.07, 6.45) is 4.83. The van der Waals surface area contributed by atoms with Gasteiger partial charge in [0.25, 0.3) is 0 Å². The highest BCUT2D eigenvalue weighted by Crippen LogP contribution is 2.15. The Labute approximate surface area is 91.7 Å². The summed E-state index contributed by atoms with van der Waals surface area (Å²) in [7, 11) is 1.71. The Hall–Kier alpha value is -1.03. The van der Waals surface area contributed by atoms with Gasteiger partial charge in [-0.15, -0.1) is 0 Å². The molecule has 0 aliphatic rings. The number of rotatable bonds is 6. The molecule has 1 rings (SSSR count). The summed E-state index contributed by atoms with van der Waals surface area (Å²) in [5.74, 6) is 0.916. The van der Waals surface area contributed by atoms with Crippen LogP contribution in [-0.2, 0) is 11.3 Å². The molecule has 1 N–H and O–H groups in total. The number of nitrogens with zero attached hydrogens (tertiary/aromatic N) is 2. The minimum Gasteiger partial charge on any atom is -0.383 e. The van der Waals surface area contributed by atoms with Gasteiger partial charge in [-0.25, -0.2) is 4.98 Å². The van der Waals surface area contributed by atoms with E-state index in [1.807, 2.05) is 12.4 Å². The van der Waals surface area contributed by atoms with Crippen LogP contribution in [0.1, 0.15) is 27.2 Å². The summed E-state index contributed by atoms with van der Waals surface area (Å²) >= 11 is 0. The monoisotopic (exact) mass is 211 g/mol. The molecule has 0 radical (unpaired) electrons. The average Bonchev–Trinajstić information content (AvgIpc) is 2.62. The second kappa shape index (κ2) is 5.16. The standard InChI is InChI=1S/C11H21N3O/c1-5-11(2,3)13-10-12-6-7-14(10)8-9-15-4/h6-7H,5,8-9H2,1-4H3,(H,12,13). The third-order valence-electron chi connectivity index (χ3n) is 2.59. The SMILES string of the molecule is CCC(C)(C)Nc1nccn1CCOC. The van der Waals surface area contributed by atoms with E-state index in [4.69, 9.17) is 4.74 Å². The molecular formula is C11H21N3O. The molecule has 0 spiro atoms. The molecule has 0 fully saturated rings. The van der Waals surface area contributed by atoms with Crippen molar-refractivity contribution in [1.29, 1.82) is 0 Å². The number of ether oxygens (including phenoxy) is 1. The number of methoxy groups -OCH3 is 1. The molecule has 0 aromatic carbocycles. The Balaban J connectivity index is 2.64. The topological polar surface area (TPSA) is 39.1 Å². The molecule has 0 atom stereocenters. The predicted molar refractivity (Wildman–Crippen MR) is 62.1 cm³/mol. The summed E-state index contributed by atoms with van der Waals surface area (Å²) in [5, 5.41) is 3.42. The minimum atomic E-state index is 0.0795. The molecule has 1 aromatic rings. The average molecular weight is 211 g/mol. The summed E-state index contributed by atoms with van der Waals surface area (Å²) in [6.45, 7) is 8.04. The molecule has 0 unspecified atom stereocenters. The van der Waals surface area contributed by atoms with Crippen molar-refractivity contribution in [1.82, 2.24) is 9.55 Å². The van der Waals surface area contributed by atoms with Crippen LogP contribution in [0.25, 0.3) is 0 Å². The molecule has 4 heteroatoms. The van der Waals surface area contributed by atoms with Crippen molar-refractivity contribution in [3.05, 3.63) is 12.4 Å². The van der Waals surface area contributed by atoms with E-state index in [2.05, 4.69) is 35.6 Å². The lowest BCUT2D eigenvalue weighted by Crippen LogP contribution is -2.31. The van der Waals surface area contributed by atoms with Gasteiger partial charge >= 0.3 is 0 Å². The molecule has 4 nitrogen and oxygen atoms in total. The lowest BCUT2D eigenvalue weighted by molar-refractivity contribution is 0.187. The van der Waals surface area contributed by atoms with E-state index in [-0.39, 0.29) is 5.54 Å². The van der Waals surface area contributed by atoms with Gasteiger partial charge in [-0.1, -0.05) is 6.92 Å². The molecule has 0 aliphatic carbocycles. The summed E-state index contributed by atoms with van der Waals surface area (Å²) in [6, 6.07) is 0. The van der Waals surface area contributed by atoms with E-state index >= 15 is 0 Å². The van der Waals surface area contributed by atoms with Crippen LogP contribution in [0, 0.1) is 0 Å². The molecule has 0 aliphatic heterocycles. The zero-order chi connectivity index (χ0) is 11.3. The van der Waals surface area contributed by atoms with Gasteiger partial charge in [-0.3, -0.25) is 0 Å². The van der Waals surface area contributed by atoms with Gasteiger partial charge in [0.2, 0.25) is 5.95 Å². The van der Waals surface area contributed by atoms with E-state index in [9.17, 15) is 0 Å². The fraction of sp³-hybridized carbons (Fsp3) is 0.727. The van der Waals surface area contributed by atoms with Gasteiger partial charge in [0, 0.05) is 31.6 Å². The van der Waals surface area contributed by atoms with Crippen molar-refractivity contribution in [2.24, 2.45) is 0 Å². The first-order chi connectivity index (χ1) is 7.09. The van der Waals surface area contributed by atoms with Gasteiger partial charge in [0.1, 0.15) is 0 Å². The zero-order valence-electron chi connectivity index (χ0n) is 10.1. The van der Waals surface area contributed by atoms with Crippen molar-refractivity contribution < 1.29 is 4.74 Å². The van der Waals surface area contributed by atoms with Crippen molar-refractivity contribution >= 4 is 5.95 Å². The summed E-state index contributed by atoms with van der Waals surface area (Å²) in [4.78, 5) is 4.30. The second-order valence-corrected chi connectivity index (χ2v) is 4.30. The Kier molecular flexibility index (Phi) is 4.15. The highest BCUT2D eigenvalue weighted by Gasteiger charge is 2.16. The van der Waals surface area contributed by atoms with Crippen LogP contribution >= 0.6 is 0 Å². The van der Waals surface area contributed by atoms with E-state index < -0.39 is 0 Å². The zero-order valence-corrected chi connectivity index (χ0v) is 10.1. The van der Waals surface area contributed by atoms with Crippen LogP contribution in [0.5, 0.6) is 0 Å². The molecule has 1 aromatic heterocycles. The minimum absolute atomic E-state index is 0.0795. The largest absolute Gasteiger partial charge is 0.383 e. The molecule has 86 valence electrons. The normalized spacial score (nSPS) is 11.7. The van der Waals surface area contributed by atoms with Gasteiger partial charge in [0.15, 0.2) is 0 Å². The quantitative estimate of drug-likeness (QED) is 0.783. The van der Waals surface area contributed by atoms with Crippen molar-refractivity contribution in [2.75, 3.05) is 19.0 Å². The number of aromatic nitrogens is 2. The third-order valence-corrected chi connectivity index (χ3v) is 2.59. The number of imidazole rings is 1. The highest BCUT2D eigenvalue weighted by atomic mass is 16.5. The van der Waals surface area contributed by atoms with Crippen molar-refractivity contribution in [3.8, 4) is 0 Å². The van der Waals surface area contributed by atoms with Crippen LogP contribution in [0.2, 0.25) is 0 Å². The molecule has 1 heterocycles. The molecule has 0 bridgehead atoms. The highest BCUT2D eigenvalue weighted by molar-refractivity contribution is 5.29. The first-order valence-electron chi connectivity index (χ1n) is 5.37. The Morgan fingerprint density at radius 3 is 2.87 bits per heavy atom. The second-order valence-electron chi connectivity index (χ2n) is 4.30. The van der Waals surface area contributed by atoms with E-state index in [1.54, 1.807) is 7.11 Å². The number of hydrogen-bond donors (Lipinski definition) is 1. The van der Waals surface area contributed by atoms with Gasteiger partial charge in [-0.2, -0.15) is 0 Å². The van der Waals surface area contributed by atoms with Crippen LogP contribution < -0.4 is 5.32 Å². The van der Waals surface area contributed by atoms with Gasteiger partial charge < -0.3 is 14.6 Å². The number of nitrogens with one attached hydrogen (secondary N) is 1. The van der Waals surface area contributed by atoms with Gasteiger partial charge in [-0.05, 0) is 20.3 Å². The Morgan fingerprint density at radius 2 is 2.27 bits per heavy atom. The van der Waals surface area contributed by atoms with E-state index in [1.165, 1.54) is 0 Å². The number of anilines is 1. The van der Waals surface area contributed by atoms with Crippen LogP contribution in [-0.4, -0.2) is 28.8 Å². The predicted octanol–water partition coefficient (Wildman–Crippen LogP) is 2.13. The van der Waals surface area contributed by atoms with Crippen LogP contribution in [0.4, 0.5) is 5.95 Å². The lowest BCUT2D eigenvalue weighted by Gasteiger charge is -2.25. The first kappa shape index (κ1) is 12.0. The Bertz CT molecular complexity index is 294. The fourth-order valence-corrected chi connectivity index (χ4v) is 1.19. The van der Waals surface area contributed by atoms with Crippen LogP contribution in [0.3, 0.4) is 0 Å². The molecular weight excluding hydrogens is 190 g/mol. The number of hydrogen-bond acceptors (Lipinski definition) is 3. The maximum absolute atomic E-state index is 5.05. The lowest BCUT2D eigenvalue weighted by atomic mass is 10.0. The van der Waals surface area contributed by atoms with Gasteiger partial charge in [0.05, 0.1) is 6.61 Å². The smallest absolute Gasteiger partial charge is 0.203 e. The first-order valence-corrected chi connectivity index (χ1v) is 5.37. The van der Waals surface area contributed by atoms with Crippen molar-refractivity contribution in [2.45, 2.75) is 39.3 Å². The molecule has 0 saturated carbocycles. The third kappa shape index (κ3) is 3.55. The molecule has 15 heavy (non-hydrogen) atoms. The van der Waals surface area contributed by atoms with E-state index in [0.717, 1.165) is 18.9 Å². The summed E-state index contributed by atoms with van der Waals surface area (Å²) in [5.41, 5.74) is 0.0795. The van der Waals surface area contributed by atoms with E-state index in [0.29, 0.717) is 6.61 Å². The summed E-state index contributed by atoms with van der Waals surface area (Å²) < 4.78 is 7.12. The van der Waals surface area contributed by atoms with Crippen molar-refractivity contribution in [3.63, 3.8) is 0 Å². The Morgan fingerprint density at radius 1 is 1.53 bits per heavy atom. The molecule has 0 saturated heterocycles. The molecule has 0 amide bonds. The fourth-order valence-electron chi connectivity index (χ4n) is 1.19.